The summed E-state index contributed by atoms with van der Waals surface area (Å²) in [5.74, 6) is 2.94. The molecule has 0 bridgehead atoms. The van der Waals surface area contributed by atoms with E-state index in [-0.39, 0.29) is 0 Å². The van der Waals surface area contributed by atoms with Crippen molar-refractivity contribution < 1.29 is 13.0 Å². The van der Waals surface area contributed by atoms with Crippen LogP contribution < -0.4 is 5.14 Å². The second kappa shape index (κ2) is 6.19. The lowest BCUT2D eigenvalue weighted by Gasteiger charge is -2.48. The molecule has 1 unspecified atom stereocenters. The Morgan fingerprint density at radius 1 is 1.26 bits per heavy atom. The van der Waals surface area contributed by atoms with Crippen LogP contribution in [0, 0.1) is 23.2 Å². The summed E-state index contributed by atoms with van der Waals surface area (Å²) < 4.78 is 25.2. The molecule has 23 heavy (non-hydrogen) atoms. The molecule has 5 heteroatoms. The highest BCUT2D eigenvalue weighted by Gasteiger charge is 2.44. The van der Waals surface area contributed by atoms with Crippen molar-refractivity contribution in [3.05, 3.63) is 35.5 Å². The maximum absolute atomic E-state index is 8.97. The van der Waals surface area contributed by atoms with Gasteiger partial charge in [-0.2, -0.15) is 8.42 Å². The van der Waals surface area contributed by atoms with Crippen LogP contribution in [0.15, 0.2) is 35.5 Å². The van der Waals surface area contributed by atoms with Crippen LogP contribution in [0.3, 0.4) is 0 Å². The highest BCUT2D eigenvalue weighted by molar-refractivity contribution is 7.83. The van der Waals surface area contributed by atoms with E-state index >= 15 is 0 Å². The van der Waals surface area contributed by atoms with Gasteiger partial charge < -0.3 is 0 Å². The Morgan fingerprint density at radius 2 is 1.96 bits per heavy atom. The predicted molar refractivity (Wildman–Crippen MR) is 91.9 cm³/mol. The van der Waals surface area contributed by atoms with Gasteiger partial charge in [-0.15, -0.1) is 0 Å². The zero-order valence-electron chi connectivity index (χ0n) is 13.7. The minimum Gasteiger partial charge on any atom is -0.274 e. The van der Waals surface area contributed by atoms with Crippen LogP contribution in [0.1, 0.15) is 51.9 Å². The zero-order chi connectivity index (χ0) is 16.7. The van der Waals surface area contributed by atoms with Gasteiger partial charge in [0.1, 0.15) is 0 Å². The molecule has 2 saturated carbocycles. The van der Waals surface area contributed by atoms with E-state index in [1.807, 2.05) is 0 Å². The summed E-state index contributed by atoms with van der Waals surface area (Å²) in [5.41, 5.74) is 3.80. The molecule has 0 saturated heterocycles. The first-order valence-corrected chi connectivity index (χ1v) is 10.1. The molecular formula is C18H27NO3S. The number of hydrogen-bond donors (Lipinski definition) is 2. The molecule has 0 aliphatic heterocycles. The topological polar surface area (TPSA) is 80.4 Å². The highest BCUT2D eigenvalue weighted by atomic mass is 32.2. The summed E-state index contributed by atoms with van der Waals surface area (Å²) in [7, 11) is -4.17. The van der Waals surface area contributed by atoms with Crippen molar-refractivity contribution >= 4 is 10.3 Å². The molecule has 4 aliphatic carbocycles. The molecule has 0 aromatic rings. The molecule has 4 nitrogen and oxygen atoms in total. The first kappa shape index (κ1) is 16.9. The van der Waals surface area contributed by atoms with Gasteiger partial charge >= 0.3 is 10.3 Å². The molecule has 4 rings (SSSR count). The van der Waals surface area contributed by atoms with Crippen LogP contribution in [0.5, 0.6) is 0 Å². The van der Waals surface area contributed by atoms with Gasteiger partial charge in [0.15, 0.2) is 0 Å². The number of hydrogen-bond acceptors (Lipinski definition) is 2. The molecule has 4 atom stereocenters. The fraction of sp³-hybridized carbons (Fsp3) is 0.667. The number of rotatable bonds is 0. The summed E-state index contributed by atoms with van der Waals surface area (Å²) in [5, 5.41) is 3.88. The van der Waals surface area contributed by atoms with E-state index in [4.69, 9.17) is 13.0 Å². The van der Waals surface area contributed by atoms with Gasteiger partial charge in [-0.1, -0.05) is 44.1 Å². The molecule has 0 aromatic carbocycles. The molecule has 0 radical (unpaired) electrons. The third-order valence-corrected chi connectivity index (χ3v) is 6.15. The Morgan fingerprint density at radius 3 is 2.70 bits per heavy atom. The molecule has 128 valence electrons. The monoisotopic (exact) mass is 337 g/mol. The van der Waals surface area contributed by atoms with Crippen molar-refractivity contribution in [1.29, 1.82) is 0 Å². The fourth-order valence-electron chi connectivity index (χ4n) is 5.13. The average Bonchev–Trinajstić information content (AvgIpc) is 2.87. The van der Waals surface area contributed by atoms with Gasteiger partial charge in [-0.25, -0.2) is 5.14 Å². The van der Waals surface area contributed by atoms with Crippen molar-refractivity contribution in [2.45, 2.75) is 51.9 Å². The van der Waals surface area contributed by atoms with Gasteiger partial charge in [-0.3, -0.25) is 4.55 Å². The second-order valence-electron chi connectivity index (χ2n) is 7.62. The first-order chi connectivity index (χ1) is 10.8. The van der Waals surface area contributed by atoms with Gasteiger partial charge in [-0.05, 0) is 61.0 Å². The molecule has 0 heterocycles. The Bertz CT molecular complexity index is 654. The third-order valence-electron chi connectivity index (χ3n) is 6.15. The lowest BCUT2D eigenvalue weighted by molar-refractivity contribution is 0.143. The van der Waals surface area contributed by atoms with Crippen LogP contribution >= 0.6 is 0 Å². The van der Waals surface area contributed by atoms with E-state index in [0.717, 1.165) is 17.8 Å². The lowest BCUT2D eigenvalue weighted by atomic mass is 9.57. The van der Waals surface area contributed by atoms with Crippen molar-refractivity contribution in [1.82, 2.24) is 0 Å². The average molecular weight is 337 g/mol. The Hall–Kier alpha value is -0.910. The summed E-state index contributed by atoms with van der Waals surface area (Å²) in [6.45, 7) is 2.44. The van der Waals surface area contributed by atoms with Crippen LogP contribution in [0.2, 0.25) is 0 Å². The van der Waals surface area contributed by atoms with Gasteiger partial charge in [0.2, 0.25) is 0 Å². The normalized spacial score (nSPS) is 38.3. The summed E-state index contributed by atoms with van der Waals surface area (Å²) in [6, 6.07) is 0. The van der Waals surface area contributed by atoms with Crippen molar-refractivity contribution in [3.8, 4) is 0 Å². The summed E-state index contributed by atoms with van der Waals surface area (Å²) in [4.78, 5) is 0. The minimum atomic E-state index is -4.17. The van der Waals surface area contributed by atoms with Crippen LogP contribution in [-0.4, -0.2) is 13.0 Å². The molecule has 0 spiro atoms. The minimum absolute atomic E-state index is 0.379. The first-order valence-electron chi connectivity index (χ1n) is 8.63. The lowest BCUT2D eigenvalue weighted by Crippen LogP contribution is -2.37. The smallest absolute Gasteiger partial charge is 0.274 e. The molecule has 3 N–H and O–H groups in total. The van der Waals surface area contributed by atoms with E-state index in [9.17, 15) is 0 Å². The van der Waals surface area contributed by atoms with Crippen LogP contribution in [0.4, 0.5) is 0 Å². The molecule has 0 aromatic heterocycles. The highest BCUT2D eigenvalue weighted by Crippen LogP contribution is 2.56. The second-order valence-corrected chi connectivity index (χ2v) is 8.65. The summed E-state index contributed by atoms with van der Waals surface area (Å²) >= 11 is 0. The van der Waals surface area contributed by atoms with Crippen molar-refractivity contribution in [3.63, 3.8) is 0 Å². The Labute approximate surface area is 139 Å². The fourth-order valence-corrected chi connectivity index (χ4v) is 5.13. The van der Waals surface area contributed by atoms with Crippen molar-refractivity contribution in [2.24, 2.45) is 28.3 Å². The maximum Gasteiger partial charge on any atom is 0.330 e. The third kappa shape index (κ3) is 3.62. The van der Waals surface area contributed by atoms with Gasteiger partial charge in [0.25, 0.3) is 0 Å². The van der Waals surface area contributed by atoms with Crippen LogP contribution in [-0.2, 0) is 10.3 Å². The standard InChI is InChI=1S/C18H24.H3NO3S/c1-18-11-4-7-17(18)16-9-8-13-5-2-3-6-14(13)15(16)10-12-18;1-5(2,3)4/h4,7,9,11,13-15H,2-3,5-6,8,10,12H2,1H3;(H3,1,2,3,4)/t13?,14-,15+,18-;/m0./s1. The molecule has 4 aliphatic rings. The number of fused-ring (bicyclic) bond motifs is 5. The maximum atomic E-state index is 8.97. The predicted octanol–water partition coefficient (Wildman–Crippen LogP) is 3.78. The van der Waals surface area contributed by atoms with E-state index < -0.39 is 10.3 Å². The number of allylic oxidation sites excluding steroid dienone is 6. The van der Waals surface area contributed by atoms with Crippen molar-refractivity contribution in [2.75, 3.05) is 0 Å². The van der Waals surface area contributed by atoms with Crippen LogP contribution in [0.25, 0.3) is 0 Å². The quantitative estimate of drug-likeness (QED) is 0.660. The Kier molecular flexibility index (Phi) is 4.55. The summed E-state index contributed by atoms with van der Waals surface area (Å²) in [6.07, 6.45) is 19.9. The van der Waals surface area contributed by atoms with Gasteiger partial charge in [0, 0.05) is 5.41 Å². The molecule has 2 fully saturated rings. The zero-order valence-corrected chi connectivity index (χ0v) is 14.6. The Balaban J connectivity index is 0.000000276. The van der Waals surface area contributed by atoms with E-state index in [2.05, 4.69) is 36.4 Å². The van der Waals surface area contributed by atoms with E-state index in [1.54, 1.807) is 11.1 Å². The van der Waals surface area contributed by atoms with Gasteiger partial charge in [0.05, 0.1) is 0 Å². The molecular weight excluding hydrogens is 310 g/mol. The number of nitrogens with two attached hydrogens (primary N) is 1. The van der Waals surface area contributed by atoms with E-state index in [0.29, 0.717) is 5.41 Å². The SMILES string of the molecule is C[C@@]12C=CC=C1C1=CCC3CCCC[C@@H]3[C@H]1CC2.NS(=O)(=O)O. The van der Waals surface area contributed by atoms with E-state index in [1.165, 1.54) is 44.9 Å². The largest absolute Gasteiger partial charge is 0.330 e. The molecule has 0 amide bonds.